The number of halogens is 2. The molecule has 0 aliphatic carbocycles. The highest BCUT2D eigenvalue weighted by Gasteiger charge is 2.16. The third-order valence-corrected chi connectivity index (χ3v) is 2.78. The molecule has 0 spiro atoms. The minimum absolute atomic E-state index is 0.0513. The summed E-state index contributed by atoms with van der Waals surface area (Å²) < 4.78 is 36.7. The summed E-state index contributed by atoms with van der Waals surface area (Å²) in [5.74, 6) is -1.13. The number of benzene rings is 1. The van der Waals surface area contributed by atoms with E-state index in [0.717, 1.165) is 12.1 Å². The Hall–Kier alpha value is -2.37. The van der Waals surface area contributed by atoms with Crippen LogP contribution in [-0.4, -0.2) is 13.1 Å². The first kappa shape index (κ1) is 14.0. The average Bonchev–Trinajstić information content (AvgIpc) is 2.78. The van der Waals surface area contributed by atoms with Gasteiger partial charge in [0.05, 0.1) is 13.7 Å². The van der Waals surface area contributed by atoms with Crippen LogP contribution in [0.5, 0.6) is 0 Å². The van der Waals surface area contributed by atoms with E-state index in [1.807, 2.05) is 0 Å². The lowest BCUT2D eigenvalue weighted by molar-refractivity contribution is 0.0599. The molecule has 0 saturated carbocycles. The molecule has 20 heavy (non-hydrogen) atoms. The van der Waals surface area contributed by atoms with Crippen LogP contribution in [0, 0.1) is 18.6 Å². The number of nitrogens with one attached hydrogen (secondary N) is 1. The van der Waals surface area contributed by atoms with Crippen molar-refractivity contribution < 1.29 is 22.7 Å². The van der Waals surface area contributed by atoms with E-state index in [-0.39, 0.29) is 12.2 Å². The molecule has 0 aliphatic heterocycles. The van der Waals surface area contributed by atoms with E-state index in [2.05, 4.69) is 10.1 Å². The van der Waals surface area contributed by atoms with Gasteiger partial charge in [-0.05, 0) is 25.1 Å². The number of hydrogen-bond donors (Lipinski definition) is 1. The van der Waals surface area contributed by atoms with Gasteiger partial charge in [-0.2, -0.15) is 0 Å². The van der Waals surface area contributed by atoms with Crippen molar-refractivity contribution in [3.63, 3.8) is 0 Å². The summed E-state index contributed by atoms with van der Waals surface area (Å²) >= 11 is 0. The minimum Gasteiger partial charge on any atom is -0.465 e. The molecule has 1 heterocycles. The molecule has 0 amide bonds. The zero-order valence-corrected chi connectivity index (χ0v) is 11.0. The van der Waals surface area contributed by atoms with Gasteiger partial charge in [0, 0.05) is 0 Å². The average molecular weight is 281 g/mol. The Labute approximate surface area is 114 Å². The van der Waals surface area contributed by atoms with E-state index in [0.29, 0.717) is 17.1 Å². The van der Waals surface area contributed by atoms with E-state index in [9.17, 15) is 13.6 Å². The number of furan rings is 1. The molecule has 0 atom stereocenters. The van der Waals surface area contributed by atoms with Crippen LogP contribution in [0.25, 0.3) is 0 Å². The Morgan fingerprint density at radius 2 is 2.00 bits per heavy atom. The van der Waals surface area contributed by atoms with Crippen LogP contribution in [0.4, 0.5) is 14.5 Å². The Morgan fingerprint density at radius 1 is 1.35 bits per heavy atom. The molecule has 1 aromatic carbocycles. The maximum absolute atomic E-state index is 13.4. The number of esters is 1. The molecule has 0 bridgehead atoms. The van der Waals surface area contributed by atoms with Crippen molar-refractivity contribution in [1.29, 1.82) is 0 Å². The summed E-state index contributed by atoms with van der Waals surface area (Å²) in [6.07, 6.45) is 0. The minimum atomic E-state index is -0.693. The van der Waals surface area contributed by atoms with Crippen LogP contribution in [-0.2, 0) is 11.3 Å². The smallest absolute Gasteiger partial charge is 0.341 e. The molecule has 2 aromatic rings. The number of carbonyl (C=O) groups excluding carboxylic acids is 1. The summed E-state index contributed by atoms with van der Waals surface area (Å²) in [6, 6.07) is 5.06. The summed E-state index contributed by atoms with van der Waals surface area (Å²) in [6.45, 7) is 1.66. The second kappa shape index (κ2) is 5.73. The van der Waals surface area contributed by atoms with Gasteiger partial charge in [-0.25, -0.2) is 13.6 Å². The molecule has 1 aromatic heterocycles. The quantitative estimate of drug-likeness (QED) is 0.874. The number of carbonyl (C=O) groups is 1. The van der Waals surface area contributed by atoms with Gasteiger partial charge in [0.1, 0.15) is 34.4 Å². The first-order chi connectivity index (χ1) is 9.52. The molecule has 1 N–H and O–H groups in total. The maximum Gasteiger partial charge on any atom is 0.341 e. The van der Waals surface area contributed by atoms with Gasteiger partial charge in [0.2, 0.25) is 0 Å². The fraction of sp³-hybridized carbons (Fsp3) is 0.214. The summed E-state index contributed by atoms with van der Waals surface area (Å²) in [7, 11) is 1.27. The van der Waals surface area contributed by atoms with E-state index >= 15 is 0 Å². The molecule has 0 unspecified atom stereocenters. The molecule has 0 fully saturated rings. The molecule has 2 rings (SSSR count). The van der Waals surface area contributed by atoms with Crippen molar-refractivity contribution in [1.82, 2.24) is 0 Å². The number of methoxy groups -OCH3 is 1. The monoisotopic (exact) mass is 281 g/mol. The first-order valence-electron chi connectivity index (χ1n) is 5.88. The molecule has 0 aliphatic rings. The number of hydrogen-bond acceptors (Lipinski definition) is 4. The van der Waals surface area contributed by atoms with Crippen molar-refractivity contribution in [2.24, 2.45) is 0 Å². The van der Waals surface area contributed by atoms with Crippen molar-refractivity contribution in [3.05, 3.63) is 53.0 Å². The van der Waals surface area contributed by atoms with Crippen molar-refractivity contribution in [3.8, 4) is 0 Å². The van der Waals surface area contributed by atoms with Crippen molar-refractivity contribution in [2.75, 3.05) is 12.4 Å². The van der Waals surface area contributed by atoms with Crippen LogP contribution in [0.15, 0.2) is 28.7 Å². The highest BCUT2D eigenvalue weighted by Crippen LogP contribution is 2.21. The summed E-state index contributed by atoms with van der Waals surface area (Å²) in [5, 5.41) is 2.60. The number of rotatable bonds is 4. The molecule has 0 radical (unpaired) electrons. The standard InChI is InChI=1S/C14H13F2NO3/c1-8-10(14(18)19-2)6-9(20-8)7-17-13-11(15)4-3-5-12(13)16/h3-6,17H,7H2,1-2H3. The van der Waals surface area contributed by atoms with Crippen LogP contribution in [0.3, 0.4) is 0 Å². The second-order valence-electron chi connectivity index (χ2n) is 4.12. The van der Waals surface area contributed by atoms with E-state index in [1.165, 1.54) is 19.2 Å². The summed E-state index contributed by atoms with van der Waals surface area (Å²) in [4.78, 5) is 11.4. The predicted molar refractivity (Wildman–Crippen MR) is 68.5 cm³/mol. The lowest BCUT2D eigenvalue weighted by Crippen LogP contribution is -2.03. The van der Waals surface area contributed by atoms with E-state index in [1.54, 1.807) is 6.92 Å². The Bertz CT molecular complexity index is 617. The zero-order valence-electron chi connectivity index (χ0n) is 11.0. The first-order valence-corrected chi connectivity index (χ1v) is 5.88. The van der Waals surface area contributed by atoms with Gasteiger partial charge in [-0.15, -0.1) is 0 Å². The third-order valence-electron chi connectivity index (χ3n) is 2.78. The SMILES string of the molecule is COC(=O)c1cc(CNc2c(F)cccc2F)oc1C. The van der Waals surface area contributed by atoms with Gasteiger partial charge in [0.15, 0.2) is 0 Å². The van der Waals surface area contributed by atoms with Crippen LogP contribution >= 0.6 is 0 Å². The predicted octanol–water partition coefficient (Wildman–Crippen LogP) is 3.26. The van der Waals surface area contributed by atoms with Crippen LogP contribution < -0.4 is 5.32 Å². The molecule has 4 nitrogen and oxygen atoms in total. The van der Waals surface area contributed by atoms with Gasteiger partial charge in [-0.1, -0.05) is 6.07 Å². The lowest BCUT2D eigenvalue weighted by Gasteiger charge is -2.06. The number of aryl methyl sites for hydroxylation is 1. The Kier molecular flexibility index (Phi) is 4.02. The number of anilines is 1. The topological polar surface area (TPSA) is 51.5 Å². The fourth-order valence-corrected chi connectivity index (χ4v) is 1.79. The number of ether oxygens (including phenoxy) is 1. The van der Waals surface area contributed by atoms with Gasteiger partial charge >= 0.3 is 5.97 Å². The molecular formula is C14H13F2NO3. The van der Waals surface area contributed by atoms with Crippen molar-refractivity contribution in [2.45, 2.75) is 13.5 Å². The van der Waals surface area contributed by atoms with Crippen LogP contribution in [0.1, 0.15) is 21.9 Å². The highest BCUT2D eigenvalue weighted by atomic mass is 19.1. The van der Waals surface area contributed by atoms with Crippen molar-refractivity contribution >= 4 is 11.7 Å². The Balaban J connectivity index is 2.14. The fourth-order valence-electron chi connectivity index (χ4n) is 1.79. The van der Waals surface area contributed by atoms with E-state index < -0.39 is 17.6 Å². The molecule has 106 valence electrons. The normalized spacial score (nSPS) is 10.4. The second-order valence-corrected chi connectivity index (χ2v) is 4.12. The van der Waals surface area contributed by atoms with Gasteiger partial charge in [-0.3, -0.25) is 0 Å². The molecule has 0 saturated heterocycles. The van der Waals surface area contributed by atoms with Gasteiger partial charge in [0.25, 0.3) is 0 Å². The van der Waals surface area contributed by atoms with E-state index in [4.69, 9.17) is 4.42 Å². The van der Waals surface area contributed by atoms with Gasteiger partial charge < -0.3 is 14.5 Å². The lowest BCUT2D eigenvalue weighted by atomic mass is 10.2. The maximum atomic E-state index is 13.4. The van der Waals surface area contributed by atoms with Crippen LogP contribution in [0.2, 0.25) is 0 Å². The molecule has 6 heteroatoms. The third kappa shape index (κ3) is 2.79. The zero-order chi connectivity index (χ0) is 14.7. The summed E-state index contributed by atoms with van der Waals surface area (Å²) in [5.41, 5.74) is 0.0551. The Morgan fingerprint density at radius 3 is 2.60 bits per heavy atom. The largest absolute Gasteiger partial charge is 0.465 e. The molecular weight excluding hydrogens is 268 g/mol. The highest BCUT2D eigenvalue weighted by molar-refractivity contribution is 5.90. The number of para-hydroxylation sites is 1.